The van der Waals surface area contributed by atoms with Gasteiger partial charge in [0.1, 0.15) is 6.10 Å². The molecule has 0 aromatic carbocycles. The fraction of sp³-hybridized carbons (Fsp3) is 1.00. The van der Waals surface area contributed by atoms with Crippen molar-refractivity contribution in [3.63, 3.8) is 0 Å². The van der Waals surface area contributed by atoms with Crippen molar-refractivity contribution in [3.05, 3.63) is 0 Å². The first kappa shape index (κ1) is 21.0. The minimum absolute atomic E-state index is 0.0497. The van der Waals surface area contributed by atoms with Crippen molar-refractivity contribution in [2.45, 2.75) is 82.6 Å². The van der Waals surface area contributed by atoms with Gasteiger partial charge in [0.2, 0.25) is 0 Å². The molecule has 2 saturated heterocycles. The summed E-state index contributed by atoms with van der Waals surface area (Å²) >= 11 is 0. The minimum Gasteiger partial charge on any atom is -0.831 e. The second kappa shape index (κ2) is 10.2. The van der Waals surface area contributed by atoms with E-state index in [-0.39, 0.29) is 43.2 Å². The number of ether oxygens (including phenoxy) is 5. The highest BCUT2D eigenvalue weighted by Gasteiger charge is 2.41. The van der Waals surface area contributed by atoms with Crippen LogP contribution in [-0.2, 0) is 23.7 Å². The maximum Gasteiger partial charge on any atom is 0.161 e. The zero-order valence-corrected chi connectivity index (χ0v) is 16.1. The van der Waals surface area contributed by atoms with Gasteiger partial charge in [0.25, 0.3) is 0 Å². The first-order valence-corrected chi connectivity index (χ1v) is 9.32. The van der Waals surface area contributed by atoms with E-state index >= 15 is 0 Å². The van der Waals surface area contributed by atoms with E-state index in [1.807, 2.05) is 14.0 Å². The first-order valence-electron chi connectivity index (χ1n) is 9.32. The van der Waals surface area contributed by atoms with Gasteiger partial charge in [-0.2, -0.15) is 0 Å². The Morgan fingerprint density at radius 2 is 1.76 bits per heavy atom. The van der Waals surface area contributed by atoms with Crippen molar-refractivity contribution in [1.29, 1.82) is 0 Å². The van der Waals surface area contributed by atoms with Crippen molar-refractivity contribution in [1.82, 2.24) is 5.32 Å². The van der Waals surface area contributed by atoms with Crippen LogP contribution in [0, 0.1) is 5.92 Å². The van der Waals surface area contributed by atoms with E-state index in [0.29, 0.717) is 12.3 Å². The SMILES string of the molecule is CNCCCC1[C@H](C)OC(OC2[C@H](C)OC([O-])C[C@@H]2OC)C[C@@H]1OC. The van der Waals surface area contributed by atoms with Gasteiger partial charge >= 0.3 is 0 Å². The molecule has 7 heteroatoms. The summed E-state index contributed by atoms with van der Waals surface area (Å²) in [6, 6.07) is 0. The molecular weight excluding hydrogens is 326 g/mol. The molecule has 2 rings (SSSR count). The van der Waals surface area contributed by atoms with Gasteiger partial charge < -0.3 is 34.1 Å². The second-order valence-corrected chi connectivity index (χ2v) is 7.07. The molecule has 8 atom stereocenters. The topological polar surface area (TPSA) is 81.2 Å². The molecule has 25 heavy (non-hydrogen) atoms. The zero-order valence-electron chi connectivity index (χ0n) is 16.1. The fourth-order valence-electron chi connectivity index (χ4n) is 3.96. The number of hydrogen-bond acceptors (Lipinski definition) is 7. The molecule has 0 spiro atoms. The van der Waals surface area contributed by atoms with E-state index in [9.17, 15) is 5.11 Å². The maximum atomic E-state index is 11.7. The highest BCUT2D eigenvalue weighted by atomic mass is 16.7. The van der Waals surface area contributed by atoms with Crippen LogP contribution in [0.3, 0.4) is 0 Å². The summed E-state index contributed by atoms with van der Waals surface area (Å²) in [5.74, 6) is 0.350. The summed E-state index contributed by atoms with van der Waals surface area (Å²) in [5, 5.41) is 14.8. The molecule has 0 bridgehead atoms. The third kappa shape index (κ3) is 5.60. The van der Waals surface area contributed by atoms with Gasteiger partial charge in [-0.3, -0.25) is 0 Å². The van der Waals surface area contributed by atoms with Gasteiger partial charge in [-0.05, 0) is 53.0 Å². The highest BCUT2D eigenvalue weighted by Crippen LogP contribution is 2.33. The van der Waals surface area contributed by atoms with E-state index in [4.69, 9.17) is 23.7 Å². The zero-order chi connectivity index (χ0) is 18.4. The summed E-state index contributed by atoms with van der Waals surface area (Å²) in [5.41, 5.74) is 0. The Hall–Kier alpha value is -0.280. The lowest BCUT2D eigenvalue weighted by Gasteiger charge is -2.46. The van der Waals surface area contributed by atoms with Crippen molar-refractivity contribution < 1.29 is 28.8 Å². The van der Waals surface area contributed by atoms with Crippen LogP contribution in [-0.4, -0.2) is 70.9 Å². The molecule has 0 aliphatic carbocycles. The highest BCUT2D eigenvalue weighted by molar-refractivity contribution is 4.86. The second-order valence-electron chi connectivity index (χ2n) is 7.07. The normalized spacial score (nSPS) is 42.5. The lowest BCUT2D eigenvalue weighted by molar-refractivity contribution is -0.514. The Kier molecular flexibility index (Phi) is 8.54. The average Bonchev–Trinajstić information content (AvgIpc) is 2.58. The molecular formula is C18H34NO6-. The Morgan fingerprint density at radius 3 is 2.40 bits per heavy atom. The minimum atomic E-state index is -1.06. The molecule has 0 saturated carbocycles. The first-order chi connectivity index (χ1) is 12.0. The predicted octanol–water partition coefficient (Wildman–Crippen LogP) is 0.648. The quantitative estimate of drug-likeness (QED) is 0.637. The lowest BCUT2D eigenvalue weighted by Crippen LogP contribution is -2.55. The number of nitrogens with one attached hydrogen (secondary N) is 1. The summed E-state index contributed by atoms with van der Waals surface area (Å²) in [6.07, 6.45) is 0.886. The molecule has 0 aromatic heterocycles. The van der Waals surface area contributed by atoms with Gasteiger partial charge in [0.05, 0.1) is 24.4 Å². The standard InChI is InChI=1S/C18H34NO6/c1-11-13(7-6-8-19-3)14(21-4)10-17(24-11)25-18-12(2)23-16(20)9-15(18)22-5/h11-19H,6-10H2,1-5H3/q-1/t11-,12-,13?,14-,15-,16?,17?,18?/m0/s1. The van der Waals surface area contributed by atoms with Crippen LogP contribution >= 0.6 is 0 Å². The van der Waals surface area contributed by atoms with Crippen molar-refractivity contribution >= 4 is 0 Å². The number of rotatable bonds is 8. The summed E-state index contributed by atoms with van der Waals surface area (Å²) in [6.45, 7) is 4.91. The largest absolute Gasteiger partial charge is 0.831 e. The lowest BCUT2D eigenvalue weighted by atomic mass is 9.87. The van der Waals surface area contributed by atoms with E-state index in [1.165, 1.54) is 0 Å². The van der Waals surface area contributed by atoms with Crippen LogP contribution in [0.1, 0.15) is 39.5 Å². The van der Waals surface area contributed by atoms with Gasteiger partial charge in [-0.1, -0.05) is 0 Å². The predicted molar refractivity (Wildman–Crippen MR) is 91.0 cm³/mol. The Morgan fingerprint density at radius 1 is 1.04 bits per heavy atom. The van der Waals surface area contributed by atoms with Crippen LogP contribution in [0.4, 0.5) is 0 Å². The average molecular weight is 360 g/mol. The molecule has 7 nitrogen and oxygen atoms in total. The van der Waals surface area contributed by atoms with E-state index < -0.39 is 6.29 Å². The molecule has 2 aliphatic rings. The van der Waals surface area contributed by atoms with Crippen molar-refractivity contribution in [3.8, 4) is 0 Å². The third-order valence-electron chi connectivity index (χ3n) is 5.37. The molecule has 0 amide bonds. The third-order valence-corrected chi connectivity index (χ3v) is 5.37. The number of methoxy groups -OCH3 is 2. The van der Waals surface area contributed by atoms with Gasteiger partial charge in [0, 0.05) is 26.6 Å². The Labute approximate surface area is 151 Å². The van der Waals surface area contributed by atoms with Crippen LogP contribution < -0.4 is 10.4 Å². The van der Waals surface area contributed by atoms with Crippen LogP contribution in [0.5, 0.6) is 0 Å². The molecule has 2 aliphatic heterocycles. The van der Waals surface area contributed by atoms with E-state index in [0.717, 1.165) is 19.4 Å². The van der Waals surface area contributed by atoms with Crippen LogP contribution in [0.2, 0.25) is 0 Å². The van der Waals surface area contributed by atoms with Crippen LogP contribution in [0.25, 0.3) is 0 Å². The monoisotopic (exact) mass is 360 g/mol. The molecule has 4 unspecified atom stereocenters. The van der Waals surface area contributed by atoms with Gasteiger partial charge in [-0.25, -0.2) is 0 Å². The Bertz CT molecular complexity index is 385. The molecule has 2 fully saturated rings. The summed E-state index contributed by atoms with van der Waals surface area (Å²) in [4.78, 5) is 0. The smallest absolute Gasteiger partial charge is 0.161 e. The van der Waals surface area contributed by atoms with Gasteiger partial charge in [0.15, 0.2) is 6.29 Å². The van der Waals surface area contributed by atoms with Gasteiger partial charge in [-0.15, -0.1) is 0 Å². The van der Waals surface area contributed by atoms with E-state index in [2.05, 4.69) is 12.2 Å². The van der Waals surface area contributed by atoms with E-state index in [1.54, 1.807) is 14.2 Å². The summed E-state index contributed by atoms with van der Waals surface area (Å²) in [7, 11) is 5.31. The van der Waals surface area contributed by atoms with Crippen LogP contribution in [0.15, 0.2) is 0 Å². The summed E-state index contributed by atoms with van der Waals surface area (Å²) < 4.78 is 28.9. The molecule has 0 aromatic rings. The van der Waals surface area contributed by atoms with Crippen molar-refractivity contribution in [2.24, 2.45) is 5.92 Å². The molecule has 2 heterocycles. The molecule has 0 radical (unpaired) electrons. The maximum absolute atomic E-state index is 11.7. The Balaban J connectivity index is 1.94. The fourth-order valence-corrected chi connectivity index (χ4v) is 3.96. The number of hydrogen-bond donors (Lipinski definition) is 1. The molecule has 148 valence electrons. The van der Waals surface area contributed by atoms with Crippen molar-refractivity contribution in [2.75, 3.05) is 27.8 Å². The molecule has 1 N–H and O–H groups in total.